The molecule has 2 aromatic carbocycles. The summed E-state index contributed by atoms with van der Waals surface area (Å²) in [5.74, 6) is 0.859. The van der Waals surface area contributed by atoms with Crippen molar-refractivity contribution in [1.29, 1.82) is 0 Å². The van der Waals surface area contributed by atoms with E-state index < -0.39 is 0 Å². The number of phenols is 1. The maximum Gasteiger partial charge on any atom is 0.120 e. The molecular formula is C16H18BrNO. The Morgan fingerprint density at radius 2 is 1.79 bits per heavy atom. The third-order valence-electron chi connectivity index (χ3n) is 3.10. The van der Waals surface area contributed by atoms with Crippen molar-refractivity contribution in [3.63, 3.8) is 0 Å². The zero-order valence-electron chi connectivity index (χ0n) is 11.2. The summed E-state index contributed by atoms with van der Waals surface area (Å²) in [4.78, 5) is 0. The molecule has 2 N–H and O–H groups in total. The number of aromatic hydroxyl groups is 1. The fourth-order valence-corrected chi connectivity index (χ4v) is 2.29. The van der Waals surface area contributed by atoms with Crippen molar-refractivity contribution in [2.45, 2.75) is 26.3 Å². The van der Waals surface area contributed by atoms with Crippen LogP contribution in [0, 0.1) is 0 Å². The van der Waals surface area contributed by atoms with Gasteiger partial charge in [0.15, 0.2) is 0 Å². The van der Waals surface area contributed by atoms with E-state index in [0.29, 0.717) is 18.2 Å². The maximum atomic E-state index is 9.77. The Hall–Kier alpha value is -1.48. The molecule has 0 spiro atoms. The third-order valence-corrected chi connectivity index (χ3v) is 3.60. The van der Waals surface area contributed by atoms with Crippen LogP contribution in [0.1, 0.15) is 30.9 Å². The highest BCUT2D eigenvalue weighted by molar-refractivity contribution is 9.10. The van der Waals surface area contributed by atoms with Crippen LogP contribution in [0.5, 0.6) is 5.75 Å². The van der Waals surface area contributed by atoms with E-state index in [0.717, 1.165) is 15.7 Å². The molecule has 0 aliphatic rings. The SMILES string of the molecule is CC(C)c1ccc(NCc2cc(Br)ccc2O)cc1. The van der Waals surface area contributed by atoms with Crippen LogP contribution in [0.15, 0.2) is 46.9 Å². The van der Waals surface area contributed by atoms with Gasteiger partial charge >= 0.3 is 0 Å². The Labute approximate surface area is 122 Å². The number of nitrogens with one attached hydrogen (secondary N) is 1. The molecule has 0 bridgehead atoms. The van der Waals surface area contributed by atoms with Crippen LogP contribution in [0.2, 0.25) is 0 Å². The van der Waals surface area contributed by atoms with Gasteiger partial charge in [0.25, 0.3) is 0 Å². The van der Waals surface area contributed by atoms with E-state index >= 15 is 0 Å². The van der Waals surface area contributed by atoms with Crippen molar-refractivity contribution in [2.24, 2.45) is 0 Å². The van der Waals surface area contributed by atoms with Crippen LogP contribution in [-0.2, 0) is 6.54 Å². The molecule has 0 aliphatic carbocycles. The zero-order valence-corrected chi connectivity index (χ0v) is 12.7. The predicted octanol–water partition coefficient (Wildman–Crippen LogP) is 4.89. The van der Waals surface area contributed by atoms with E-state index in [2.05, 4.69) is 59.4 Å². The number of anilines is 1. The van der Waals surface area contributed by atoms with Crippen LogP contribution in [0.3, 0.4) is 0 Å². The lowest BCUT2D eigenvalue weighted by atomic mass is 10.0. The average Bonchev–Trinajstić information content (AvgIpc) is 2.40. The summed E-state index contributed by atoms with van der Waals surface area (Å²) in [5.41, 5.74) is 3.27. The lowest BCUT2D eigenvalue weighted by molar-refractivity contribution is 0.469. The van der Waals surface area contributed by atoms with Crippen LogP contribution >= 0.6 is 15.9 Å². The van der Waals surface area contributed by atoms with Gasteiger partial charge in [0, 0.05) is 22.3 Å². The van der Waals surface area contributed by atoms with Crippen LogP contribution in [0.4, 0.5) is 5.69 Å². The standard InChI is InChI=1S/C16H18BrNO/c1-11(2)12-3-6-15(7-4-12)18-10-13-9-14(17)5-8-16(13)19/h3-9,11,18-19H,10H2,1-2H3. The predicted molar refractivity (Wildman–Crippen MR) is 83.7 cm³/mol. The molecule has 0 atom stereocenters. The molecule has 100 valence electrons. The Balaban J connectivity index is 2.04. The van der Waals surface area contributed by atoms with Gasteiger partial charge in [-0.15, -0.1) is 0 Å². The molecule has 3 heteroatoms. The number of benzene rings is 2. The molecule has 2 rings (SSSR count). The highest BCUT2D eigenvalue weighted by Gasteiger charge is 2.03. The molecule has 19 heavy (non-hydrogen) atoms. The number of rotatable bonds is 4. The summed E-state index contributed by atoms with van der Waals surface area (Å²) in [7, 11) is 0. The molecule has 0 radical (unpaired) electrons. The maximum absolute atomic E-state index is 9.77. The monoisotopic (exact) mass is 319 g/mol. The Kier molecular flexibility index (Phi) is 4.48. The van der Waals surface area contributed by atoms with E-state index in [1.807, 2.05) is 12.1 Å². The lowest BCUT2D eigenvalue weighted by Crippen LogP contribution is -2.00. The summed E-state index contributed by atoms with van der Waals surface area (Å²) in [6.07, 6.45) is 0. The quantitative estimate of drug-likeness (QED) is 0.840. The molecule has 0 saturated heterocycles. The molecule has 0 amide bonds. The first-order valence-corrected chi connectivity index (χ1v) is 7.17. The fourth-order valence-electron chi connectivity index (χ4n) is 1.88. The van der Waals surface area contributed by atoms with Crippen molar-refractivity contribution in [1.82, 2.24) is 0 Å². The average molecular weight is 320 g/mol. The summed E-state index contributed by atoms with van der Waals surface area (Å²) >= 11 is 3.41. The minimum absolute atomic E-state index is 0.314. The van der Waals surface area contributed by atoms with E-state index in [-0.39, 0.29) is 0 Å². The molecule has 0 unspecified atom stereocenters. The van der Waals surface area contributed by atoms with Crippen LogP contribution in [0.25, 0.3) is 0 Å². The summed E-state index contributed by atoms with van der Waals surface area (Å²) in [6.45, 7) is 4.97. The van der Waals surface area contributed by atoms with Crippen molar-refractivity contribution in [3.05, 3.63) is 58.1 Å². The first-order chi connectivity index (χ1) is 9.06. The van der Waals surface area contributed by atoms with E-state index in [4.69, 9.17) is 0 Å². The molecule has 2 nitrogen and oxygen atoms in total. The van der Waals surface area contributed by atoms with Gasteiger partial charge in [-0.3, -0.25) is 0 Å². The summed E-state index contributed by atoms with van der Waals surface area (Å²) in [6, 6.07) is 13.9. The lowest BCUT2D eigenvalue weighted by Gasteiger charge is -2.10. The van der Waals surface area contributed by atoms with E-state index in [9.17, 15) is 5.11 Å². The van der Waals surface area contributed by atoms with Crippen molar-refractivity contribution >= 4 is 21.6 Å². The van der Waals surface area contributed by atoms with Gasteiger partial charge in [-0.05, 0) is 41.8 Å². The van der Waals surface area contributed by atoms with Gasteiger partial charge in [-0.1, -0.05) is 41.9 Å². The highest BCUT2D eigenvalue weighted by atomic mass is 79.9. The molecule has 0 aromatic heterocycles. The van der Waals surface area contributed by atoms with Crippen LogP contribution < -0.4 is 5.32 Å². The number of hydrogen-bond donors (Lipinski definition) is 2. The molecule has 0 heterocycles. The topological polar surface area (TPSA) is 32.3 Å². The second kappa shape index (κ2) is 6.11. The molecule has 0 saturated carbocycles. The molecular weight excluding hydrogens is 302 g/mol. The van der Waals surface area contributed by atoms with Crippen LogP contribution in [-0.4, -0.2) is 5.11 Å². The van der Waals surface area contributed by atoms with Gasteiger partial charge < -0.3 is 10.4 Å². The minimum atomic E-state index is 0.314. The fraction of sp³-hybridized carbons (Fsp3) is 0.250. The Morgan fingerprint density at radius 1 is 1.11 bits per heavy atom. The minimum Gasteiger partial charge on any atom is -0.508 e. The number of hydrogen-bond acceptors (Lipinski definition) is 2. The largest absolute Gasteiger partial charge is 0.508 e. The Morgan fingerprint density at radius 3 is 2.42 bits per heavy atom. The number of halogens is 1. The van der Waals surface area contributed by atoms with E-state index in [1.165, 1.54) is 5.56 Å². The van der Waals surface area contributed by atoms with Crippen molar-refractivity contribution < 1.29 is 5.11 Å². The normalized spacial score (nSPS) is 10.7. The summed E-state index contributed by atoms with van der Waals surface area (Å²) in [5, 5.41) is 13.1. The molecule has 0 aliphatic heterocycles. The zero-order chi connectivity index (χ0) is 13.8. The Bertz CT molecular complexity index is 549. The number of phenolic OH excluding ortho intramolecular Hbond substituents is 1. The van der Waals surface area contributed by atoms with Gasteiger partial charge in [0.1, 0.15) is 5.75 Å². The third kappa shape index (κ3) is 3.74. The van der Waals surface area contributed by atoms with Gasteiger partial charge in [-0.25, -0.2) is 0 Å². The summed E-state index contributed by atoms with van der Waals surface area (Å²) < 4.78 is 0.970. The van der Waals surface area contributed by atoms with Crippen molar-refractivity contribution in [2.75, 3.05) is 5.32 Å². The first kappa shape index (κ1) is 13.9. The molecule has 2 aromatic rings. The molecule has 0 fully saturated rings. The second-order valence-electron chi connectivity index (χ2n) is 4.90. The second-order valence-corrected chi connectivity index (χ2v) is 5.82. The highest BCUT2D eigenvalue weighted by Crippen LogP contribution is 2.23. The van der Waals surface area contributed by atoms with Gasteiger partial charge in [-0.2, -0.15) is 0 Å². The smallest absolute Gasteiger partial charge is 0.120 e. The van der Waals surface area contributed by atoms with E-state index in [1.54, 1.807) is 6.07 Å². The van der Waals surface area contributed by atoms with Crippen molar-refractivity contribution in [3.8, 4) is 5.75 Å². The van der Waals surface area contributed by atoms with Gasteiger partial charge in [0.2, 0.25) is 0 Å². The first-order valence-electron chi connectivity index (χ1n) is 6.37. The van der Waals surface area contributed by atoms with Gasteiger partial charge in [0.05, 0.1) is 0 Å².